The Kier molecular flexibility index (Phi) is 5.48. The van der Waals surface area contributed by atoms with E-state index in [1.807, 2.05) is 54.9 Å². The zero-order chi connectivity index (χ0) is 19.4. The molecule has 0 saturated heterocycles. The van der Waals surface area contributed by atoms with Crippen LogP contribution in [0.2, 0.25) is 0 Å². The van der Waals surface area contributed by atoms with E-state index in [-0.39, 0.29) is 18.5 Å². The first-order valence-electron chi connectivity index (χ1n) is 8.80. The van der Waals surface area contributed by atoms with Crippen LogP contribution in [0.4, 0.5) is 5.82 Å². The lowest BCUT2D eigenvalue weighted by molar-refractivity contribution is -0.684. The third-order valence-corrected chi connectivity index (χ3v) is 4.74. The summed E-state index contributed by atoms with van der Waals surface area (Å²) in [7, 11) is 0. The molecular weight excluding hydrogens is 344 g/mol. The van der Waals surface area contributed by atoms with Crippen molar-refractivity contribution in [1.82, 2.24) is 4.57 Å². The van der Waals surface area contributed by atoms with Gasteiger partial charge in [-0.05, 0) is 50.6 Å². The molecule has 1 atom stereocenters. The van der Waals surface area contributed by atoms with E-state index in [9.17, 15) is 10.1 Å². The zero-order valence-corrected chi connectivity index (χ0v) is 15.7. The van der Waals surface area contributed by atoms with Crippen molar-refractivity contribution in [3.63, 3.8) is 0 Å². The molecule has 3 aromatic rings. The number of carbonyl (C=O) groups excluding carboxylic acids is 1. The van der Waals surface area contributed by atoms with Crippen molar-refractivity contribution < 1.29 is 18.9 Å². The van der Waals surface area contributed by atoms with Gasteiger partial charge < -0.3 is 24.0 Å². The molecule has 140 valence electrons. The van der Waals surface area contributed by atoms with Gasteiger partial charge >= 0.3 is 0 Å². The highest BCUT2D eigenvalue weighted by Gasteiger charge is 2.21. The van der Waals surface area contributed by atoms with E-state index < -0.39 is 0 Å². The Morgan fingerprint density at radius 1 is 1.30 bits per heavy atom. The minimum absolute atomic E-state index is 0.0274. The number of amides is 1. The summed E-state index contributed by atoms with van der Waals surface area (Å²) in [6, 6.07) is 9.62. The van der Waals surface area contributed by atoms with Gasteiger partial charge in [0.1, 0.15) is 23.7 Å². The molecule has 0 aromatic carbocycles. The molecule has 0 unspecified atom stereocenters. The molecule has 7 nitrogen and oxygen atoms in total. The summed E-state index contributed by atoms with van der Waals surface area (Å²) < 4.78 is 12.7. The van der Waals surface area contributed by atoms with Crippen LogP contribution in [-0.4, -0.2) is 17.0 Å². The molecule has 27 heavy (non-hydrogen) atoms. The molecule has 1 amide bonds. The Balaban J connectivity index is 1.75. The molecule has 0 radical (unpaired) electrons. The second-order valence-electron chi connectivity index (χ2n) is 6.50. The summed E-state index contributed by atoms with van der Waals surface area (Å²) in [5.74, 6) is 1.90. The standard InChI is InChI=1S/C20H22N4O3/c1-13-15(3)24(12-16-6-4-8-26-16)20(17(13)10-21)23-19(25)11-22-14(2)18-7-5-9-27-18/h4-9,14,22H,11-12H2,1-3H3,(H,23,25)/p+1/t14-/m0/s1. The predicted octanol–water partition coefficient (Wildman–Crippen LogP) is 2.47. The van der Waals surface area contributed by atoms with Crippen LogP contribution in [0.15, 0.2) is 45.6 Å². The van der Waals surface area contributed by atoms with Gasteiger partial charge in [0.05, 0.1) is 24.6 Å². The third kappa shape index (κ3) is 3.96. The number of nitriles is 1. The van der Waals surface area contributed by atoms with Crippen molar-refractivity contribution in [1.29, 1.82) is 5.26 Å². The minimum Gasteiger partial charge on any atom is -0.467 e. The van der Waals surface area contributed by atoms with Crippen molar-refractivity contribution in [3.05, 3.63) is 65.1 Å². The van der Waals surface area contributed by atoms with E-state index >= 15 is 0 Å². The number of rotatable bonds is 7. The minimum atomic E-state index is -0.178. The summed E-state index contributed by atoms with van der Waals surface area (Å²) in [6.07, 6.45) is 3.22. The summed E-state index contributed by atoms with van der Waals surface area (Å²) in [4.78, 5) is 12.5. The van der Waals surface area contributed by atoms with Crippen LogP contribution >= 0.6 is 0 Å². The van der Waals surface area contributed by atoms with Crippen LogP contribution in [0.3, 0.4) is 0 Å². The van der Waals surface area contributed by atoms with Crippen molar-refractivity contribution in [2.45, 2.75) is 33.4 Å². The molecule has 0 fully saturated rings. The zero-order valence-electron chi connectivity index (χ0n) is 15.7. The monoisotopic (exact) mass is 367 g/mol. The SMILES string of the molecule is Cc1c(C#N)c(NC(=O)C[NH2+][C@@H](C)c2ccco2)n(Cc2ccco2)c1C. The molecule has 3 heterocycles. The molecule has 0 aliphatic carbocycles. The highest BCUT2D eigenvalue weighted by molar-refractivity contribution is 5.92. The topological polar surface area (TPSA) is 101 Å². The number of nitrogens with two attached hydrogens (primary N) is 1. The van der Waals surface area contributed by atoms with E-state index in [2.05, 4.69) is 11.4 Å². The van der Waals surface area contributed by atoms with Gasteiger partial charge in [0.2, 0.25) is 0 Å². The van der Waals surface area contributed by atoms with Crippen LogP contribution < -0.4 is 10.6 Å². The van der Waals surface area contributed by atoms with Gasteiger partial charge in [0.25, 0.3) is 5.91 Å². The Labute approximate surface area is 157 Å². The number of nitrogens with zero attached hydrogens (tertiary/aromatic N) is 2. The second-order valence-corrected chi connectivity index (χ2v) is 6.50. The molecule has 0 aliphatic rings. The average molecular weight is 367 g/mol. The summed E-state index contributed by atoms with van der Waals surface area (Å²) in [5, 5.41) is 14.4. The fourth-order valence-electron chi connectivity index (χ4n) is 3.02. The van der Waals surface area contributed by atoms with Gasteiger partial charge in [-0.1, -0.05) is 0 Å². The molecule has 0 spiro atoms. The third-order valence-electron chi connectivity index (χ3n) is 4.74. The number of furan rings is 2. The van der Waals surface area contributed by atoms with Gasteiger partial charge in [-0.2, -0.15) is 5.26 Å². The van der Waals surface area contributed by atoms with Gasteiger partial charge in [0.15, 0.2) is 12.3 Å². The number of aromatic nitrogens is 1. The molecule has 0 saturated carbocycles. The Morgan fingerprint density at radius 3 is 2.67 bits per heavy atom. The van der Waals surface area contributed by atoms with E-state index in [0.717, 1.165) is 22.8 Å². The smallest absolute Gasteiger partial charge is 0.280 e. The predicted molar refractivity (Wildman–Crippen MR) is 99.0 cm³/mol. The first-order chi connectivity index (χ1) is 13.0. The number of quaternary nitrogens is 1. The van der Waals surface area contributed by atoms with Crippen molar-refractivity contribution >= 4 is 11.7 Å². The fraction of sp³-hybridized carbons (Fsp3) is 0.300. The van der Waals surface area contributed by atoms with Crippen LogP contribution in [0.5, 0.6) is 0 Å². The van der Waals surface area contributed by atoms with Gasteiger partial charge in [0, 0.05) is 5.69 Å². The second kappa shape index (κ2) is 7.98. The van der Waals surface area contributed by atoms with Crippen LogP contribution in [0.25, 0.3) is 0 Å². The maximum absolute atomic E-state index is 12.5. The van der Waals surface area contributed by atoms with E-state index in [1.54, 1.807) is 12.5 Å². The Bertz CT molecular complexity index is 947. The number of hydrogen-bond donors (Lipinski definition) is 2. The lowest BCUT2D eigenvalue weighted by Crippen LogP contribution is -2.86. The number of hydrogen-bond acceptors (Lipinski definition) is 4. The summed E-state index contributed by atoms with van der Waals surface area (Å²) >= 11 is 0. The highest BCUT2D eigenvalue weighted by atomic mass is 16.3. The van der Waals surface area contributed by atoms with Crippen LogP contribution in [-0.2, 0) is 11.3 Å². The van der Waals surface area contributed by atoms with Crippen LogP contribution in [0, 0.1) is 25.2 Å². The average Bonchev–Trinajstić information content (AvgIpc) is 3.40. The molecule has 0 bridgehead atoms. The molecule has 3 N–H and O–H groups in total. The van der Waals surface area contributed by atoms with Gasteiger partial charge in [-0.25, -0.2) is 0 Å². The largest absolute Gasteiger partial charge is 0.467 e. The molecular formula is C20H23N4O3+. The molecule has 0 aliphatic heterocycles. The number of carbonyl (C=O) groups is 1. The lowest BCUT2D eigenvalue weighted by Gasteiger charge is -2.12. The van der Waals surface area contributed by atoms with Gasteiger partial charge in [-0.15, -0.1) is 0 Å². The first kappa shape index (κ1) is 18.5. The van der Waals surface area contributed by atoms with Crippen molar-refractivity contribution in [2.75, 3.05) is 11.9 Å². The van der Waals surface area contributed by atoms with Crippen LogP contribution in [0.1, 0.15) is 41.3 Å². The van der Waals surface area contributed by atoms with Gasteiger partial charge in [-0.3, -0.25) is 4.79 Å². The quantitative estimate of drug-likeness (QED) is 0.670. The normalized spacial score (nSPS) is 11.9. The lowest BCUT2D eigenvalue weighted by atomic mass is 10.2. The maximum Gasteiger partial charge on any atom is 0.280 e. The Hall–Kier alpha value is -3.24. The number of anilines is 1. The van der Waals surface area contributed by atoms with E-state index in [0.29, 0.717) is 17.9 Å². The first-order valence-corrected chi connectivity index (χ1v) is 8.80. The van der Waals surface area contributed by atoms with Crippen molar-refractivity contribution in [3.8, 4) is 6.07 Å². The van der Waals surface area contributed by atoms with E-state index in [4.69, 9.17) is 8.83 Å². The maximum atomic E-state index is 12.5. The number of nitrogens with one attached hydrogen (secondary N) is 1. The van der Waals surface area contributed by atoms with E-state index in [1.165, 1.54) is 0 Å². The highest BCUT2D eigenvalue weighted by Crippen LogP contribution is 2.27. The molecule has 3 aromatic heterocycles. The molecule has 7 heteroatoms. The Morgan fingerprint density at radius 2 is 2.04 bits per heavy atom. The molecule has 3 rings (SSSR count). The fourth-order valence-corrected chi connectivity index (χ4v) is 3.02. The summed E-state index contributed by atoms with van der Waals surface area (Å²) in [6.45, 7) is 6.45. The summed E-state index contributed by atoms with van der Waals surface area (Å²) in [5.41, 5.74) is 2.25. The van der Waals surface area contributed by atoms with Crippen molar-refractivity contribution in [2.24, 2.45) is 0 Å².